The van der Waals surface area contributed by atoms with Crippen molar-refractivity contribution in [2.45, 2.75) is 26.8 Å². The van der Waals surface area contributed by atoms with Gasteiger partial charge in [-0.3, -0.25) is 4.79 Å². The number of rotatable bonds is 3. The van der Waals surface area contributed by atoms with Crippen molar-refractivity contribution in [3.8, 4) is 0 Å². The Hall–Kier alpha value is -2.30. The number of carbonyl (C=O) groups is 2. The first kappa shape index (κ1) is 14.1. The zero-order valence-electron chi connectivity index (χ0n) is 11.7. The predicted molar refractivity (Wildman–Crippen MR) is 76.6 cm³/mol. The van der Waals surface area contributed by atoms with Crippen LogP contribution < -0.4 is 5.32 Å². The van der Waals surface area contributed by atoms with Crippen LogP contribution >= 0.6 is 0 Å². The van der Waals surface area contributed by atoms with Gasteiger partial charge in [-0.05, 0) is 11.5 Å². The van der Waals surface area contributed by atoms with E-state index in [-0.39, 0.29) is 5.91 Å². The van der Waals surface area contributed by atoms with Gasteiger partial charge >= 0.3 is 5.97 Å². The van der Waals surface area contributed by atoms with Crippen molar-refractivity contribution in [2.75, 3.05) is 0 Å². The number of fused-ring (bicyclic) bond motifs is 1. The molecule has 106 valence electrons. The number of carbonyl (C=O) groups excluding carboxylic acids is 1. The average molecular weight is 274 g/mol. The predicted octanol–water partition coefficient (Wildman–Crippen LogP) is 2.40. The average Bonchev–Trinajstić information content (AvgIpc) is 2.77. The Morgan fingerprint density at radius 3 is 2.50 bits per heavy atom. The fourth-order valence-electron chi connectivity index (χ4n) is 2.12. The molecule has 0 aliphatic heterocycles. The van der Waals surface area contributed by atoms with Crippen LogP contribution in [0.3, 0.4) is 0 Å². The SMILES string of the molecule is CC(C)(C)[C@H](NC(=O)c1c[nH]c2ccccc12)C(=O)O. The third-order valence-corrected chi connectivity index (χ3v) is 3.22. The number of carboxylic acids is 1. The molecule has 0 unspecified atom stereocenters. The summed E-state index contributed by atoms with van der Waals surface area (Å²) in [6.07, 6.45) is 1.60. The molecule has 0 saturated carbocycles. The summed E-state index contributed by atoms with van der Waals surface area (Å²) >= 11 is 0. The Balaban J connectivity index is 2.30. The van der Waals surface area contributed by atoms with Gasteiger partial charge in [-0.25, -0.2) is 4.79 Å². The van der Waals surface area contributed by atoms with E-state index in [1.807, 2.05) is 24.3 Å². The molecule has 5 heteroatoms. The van der Waals surface area contributed by atoms with Gasteiger partial charge in [0.2, 0.25) is 0 Å². The highest BCUT2D eigenvalue weighted by atomic mass is 16.4. The molecule has 5 nitrogen and oxygen atoms in total. The summed E-state index contributed by atoms with van der Waals surface area (Å²) in [6, 6.07) is 6.46. The van der Waals surface area contributed by atoms with Crippen LogP contribution in [0.25, 0.3) is 10.9 Å². The molecule has 0 bridgehead atoms. The van der Waals surface area contributed by atoms with Gasteiger partial charge in [0.25, 0.3) is 5.91 Å². The number of carboxylic acid groups (broad SMARTS) is 1. The number of aromatic nitrogens is 1. The third kappa shape index (κ3) is 2.66. The van der Waals surface area contributed by atoms with Crippen LogP contribution in [0.1, 0.15) is 31.1 Å². The number of aromatic amines is 1. The monoisotopic (exact) mass is 274 g/mol. The fraction of sp³-hybridized carbons (Fsp3) is 0.333. The number of H-pyrrole nitrogens is 1. The minimum atomic E-state index is -1.04. The van der Waals surface area contributed by atoms with E-state index in [4.69, 9.17) is 0 Å². The topological polar surface area (TPSA) is 82.2 Å². The van der Waals surface area contributed by atoms with Crippen LogP contribution in [0.15, 0.2) is 30.5 Å². The van der Waals surface area contributed by atoms with Gasteiger partial charge in [-0.2, -0.15) is 0 Å². The summed E-state index contributed by atoms with van der Waals surface area (Å²) in [6.45, 7) is 5.34. The Morgan fingerprint density at radius 2 is 1.90 bits per heavy atom. The standard InChI is InChI=1S/C15H18N2O3/c1-15(2,3)12(14(19)20)17-13(18)10-8-16-11-7-5-4-6-9(10)11/h4-8,12,16H,1-3H3,(H,17,18)(H,19,20)/t12-/m1/s1. The highest BCUT2D eigenvalue weighted by Crippen LogP contribution is 2.22. The molecular formula is C15H18N2O3. The van der Waals surface area contributed by atoms with Crippen molar-refractivity contribution in [1.29, 1.82) is 0 Å². The summed E-state index contributed by atoms with van der Waals surface area (Å²) in [7, 11) is 0. The molecular weight excluding hydrogens is 256 g/mol. The summed E-state index contributed by atoms with van der Waals surface area (Å²) in [5, 5.41) is 12.6. The van der Waals surface area contributed by atoms with Gasteiger partial charge < -0.3 is 15.4 Å². The number of amides is 1. The summed E-state index contributed by atoms with van der Waals surface area (Å²) in [5.74, 6) is -1.42. The first-order chi connectivity index (χ1) is 9.30. The van der Waals surface area contributed by atoms with E-state index in [0.29, 0.717) is 5.56 Å². The Kier molecular flexibility index (Phi) is 3.53. The molecule has 20 heavy (non-hydrogen) atoms. The van der Waals surface area contributed by atoms with E-state index in [1.54, 1.807) is 27.0 Å². The second kappa shape index (κ2) is 5.00. The number of aliphatic carboxylic acids is 1. The first-order valence-electron chi connectivity index (χ1n) is 6.40. The van der Waals surface area contributed by atoms with Gasteiger partial charge in [0.15, 0.2) is 0 Å². The van der Waals surface area contributed by atoms with Gasteiger partial charge in [-0.1, -0.05) is 39.0 Å². The molecule has 3 N–H and O–H groups in total. The number of benzene rings is 1. The lowest BCUT2D eigenvalue weighted by atomic mass is 9.86. The van der Waals surface area contributed by atoms with E-state index < -0.39 is 17.4 Å². The fourth-order valence-corrected chi connectivity index (χ4v) is 2.12. The maximum Gasteiger partial charge on any atom is 0.326 e. The number of hydrogen-bond donors (Lipinski definition) is 3. The number of hydrogen-bond acceptors (Lipinski definition) is 2. The maximum absolute atomic E-state index is 12.3. The Morgan fingerprint density at radius 1 is 1.25 bits per heavy atom. The maximum atomic E-state index is 12.3. The summed E-state index contributed by atoms with van der Waals surface area (Å²) in [5.41, 5.74) is 0.740. The quantitative estimate of drug-likeness (QED) is 0.803. The lowest BCUT2D eigenvalue weighted by molar-refractivity contribution is -0.142. The first-order valence-corrected chi connectivity index (χ1v) is 6.40. The molecule has 1 atom stereocenters. The van der Waals surface area contributed by atoms with Crippen molar-refractivity contribution < 1.29 is 14.7 Å². The van der Waals surface area contributed by atoms with E-state index in [9.17, 15) is 14.7 Å². The van der Waals surface area contributed by atoms with Crippen LogP contribution in [0.2, 0.25) is 0 Å². The molecule has 0 saturated heterocycles. The summed E-state index contributed by atoms with van der Waals surface area (Å²) in [4.78, 5) is 26.6. The van der Waals surface area contributed by atoms with E-state index >= 15 is 0 Å². The zero-order valence-corrected chi connectivity index (χ0v) is 11.7. The van der Waals surface area contributed by atoms with Crippen LogP contribution in [0, 0.1) is 5.41 Å². The van der Waals surface area contributed by atoms with E-state index in [0.717, 1.165) is 10.9 Å². The number of para-hydroxylation sites is 1. The highest BCUT2D eigenvalue weighted by Gasteiger charge is 2.33. The molecule has 0 aliphatic rings. The van der Waals surface area contributed by atoms with E-state index in [2.05, 4.69) is 10.3 Å². The second-order valence-electron chi connectivity index (χ2n) is 5.86. The Labute approximate surface area is 117 Å². The van der Waals surface area contributed by atoms with Gasteiger partial charge in [-0.15, -0.1) is 0 Å². The third-order valence-electron chi connectivity index (χ3n) is 3.22. The second-order valence-corrected chi connectivity index (χ2v) is 5.86. The van der Waals surface area contributed by atoms with Crippen molar-refractivity contribution in [2.24, 2.45) is 5.41 Å². The van der Waals surface area contributed by atoms with Gasteiger partial charge in [0.05, 0.1) is 5.56 Å². The molecule has 1 aromatic carbocycles. The Bertz CT molecular complexity index is 652. The molecule has 0 spiro atoms. The molecule has 1 heterocycles. The summed E-state index contributed by atoms with van der Waals surface area (Å²) < 4.78 is 0. The van der Waals surface area contributed by atoms with Crippen LogP contribution in [-0.2, 0) is 4.79 Å². The van der Waals surface area contributed by atoms with Crippen molar-refractivity contribution in [3.63, 3.8) is 0 Å². The smallest absolute Gasteiger partial charge is 0.326 e. The van der Waals surface area contributed by atoms with Crippen LogP contribution in [0.4, 0.5) is 0 Å². The van der Waals surface area contributed by atoms with Crippen molar-refractivity contribution >= 4 is 22.8 Å². The number of nitrogens with one attached hydrogen (secondary N) is 2. The minimum Gasteiger partial charge on any atom is -0.480 e. The van der Waals surface area contributed by atoms with Crippen molar-refractivity contribution in [1.82, 2.24) is 10.3 Å². The zero-order chi connectivity index (χ0) is 14.9. The molecule has 2 aromatic rings. The lowest BCUT2D eigenvalue weighted by Crippen LogP contribution is -2.49. The van der Waals surface area contributed by atoms with Crippen molar-refractivity contribution in [3.05, 3.63) is 36.0 Å². The molecule has 2 rings (SSSR count). The minimum absolute atomic E-state index is 0.384. The molecule has 0 aliphatic carbocycles. The molecule has 0 radical (unpaired) electrons. The lowest BCUT2D eigenvalue weighted by Gasteiger charge is -2.27. The van der Waals surface area contributed by atoms with E-state index in [1.165, 1.54) is 0 Å². The van der Waals surface area contributed by atoms with Crippen LogP contribution in [-0.4, -0.2) is 28.0 Å². The normalized spacial score (nSPS) is 13.2. The molecule has 1 aromatic heterocycles. The van der Waals surface area contributed by atoms with Gasteiger partial charge in [0, 0.05) is 17.1 Å². The molecule has 1 amide bonds. The largest absolute Gasteiger partial charge is 0.480 e. The molecule has 0 fully saturated rings. The highest BCUT2D eigenvalue weighted by molar-refractivity contribution is 6.07. The van der Waals surface area contributed by atoms with Crippen LogP contribution in [0.5, 0.6) is 0 Å². The van der Waals surface area contributed by atoms with Gasteiger partial charge in [0.1, 0.15) is 6.04 Å².